The van der Waals surface area contributed by atoms with Crippen LogP contribution >= 0.6 is 0 Å². The van der Waals surface area contributed by atoms with Gasteiger partial charge >= 0.3 is 0 Å². The summed E-state index contributed by atoms with van der Waals surface area (Å²) < 4.78 is 5.82. The predicted molar refractivity (Wildman–Crippen MR) is 81.9 cm³/mol. The van der Waals surface area contributed by atoms with Crippen molar-refractivity contribution < 1.29 is 9.53 Å². The second-order valence-electron chi connectivity index (χ2n) is 6.54. The highest BCUT2D eigenvalue weighted by Crippen LogP contribution is 2.36. The Morgan fingerprint density at radius 1 is 1.24 bits per heavy atom. The highest BCUT2D eigenvalue weighted by Gasteiger charge is 2.44. The quantitative estimate of drug-likeness (QED) is 0.833. The molecule has 1 aromatic carbocycles. The van der Waals surface area contributed by atoms with E-state index in [1.54, 1.807) is 0 Å². The molecule has 2 aliphatic rings. The molecule has 114 valence electrons. The van der Waals surface area contributed by atoms with E-state index >= 15 is 0 Å². The molecule has 0 aliphatic carbocycles. The lowest BCUT2D eigenvalue weighted by Crippen LogP contribution is -2.41. The number of carbonyl (C=O) groups is 1. The minimum absolute atomic E-state index is 0.0363. The Morgan fingerprint density at radius 3 is 2.67 bits per heavy atom. The summed E-state index contributed by atoms with van der Waals surface area (Å²) in [5.41, 5.74) is 1.29. The second-order valence-corrected chi connectivity index (χ2v) is 6.54. The van der Waals surface area contributed by atoms with Crippen LogP contribution in [0.1, 0.15) is 24.9 Å². The zero-order valence-electron chi connectivity index (χ0n) is 12.9. The Labute approximate surface area is 126 Å². The van der Waals surface area contributed by atoms with Crippen molar-refractivity contribution in [2.45, 2.75) is 19.4 Å². The molecule has 1 amide bonds. The van der Waals surface area contributed by atoms with Crippen LogP contribution in [0.5, 0.6) is 0 Å². The zero-order valence-corrected chi connectivity index (χ0v) is 12.9. The Bertz CT molecular complexity index is 505. The number of likely N-dealkylation sites (tertiary alicyclic amines) is 1. The molecule has 0 aromatic heterocycles. The summed E-state index contributed by atoms with van der Waals surface area (Å²) in [7, 11) is 1.90. The summed E-state index contributed by atoms with van der Waals surface area (Å²) >= 11 is 0. The first-order valence-corrected chi connectivity index (χ1v) is 7.70. The predicted octanol–water partition coefficient (Wildman–Crippen LogP) is 1.93. The number of hydrogen-bond donors (Lipinski definition) is 0. The molecule has 4 nitrogen and oxygen atoms in total. The average Bonchev–Trinajstić information content (AvgIpc) is 2.65. The van der Waals surface area contributed by atoms with E-state index in [0.29, 0.717) is 19.1 Å². The van der Waals surface area contributed by atoms with Gasteiger partial charge in [-0.15, -0.1) is 0 Å². The molecule has 0 saturated carbocycles. The minimum Gasteiger partial charge on any atom is -0.379 e. The van der Waals surface area contributed by atoms with Crippen molar-refractivity contribution >= 4 is 5.91 Å². The Hall–Kier alpha value is -1.39. The van der Waals surface area contributed by atoms with Gasteiger partial charge in [-0.25, -0.2) is 0 Å². The summed E-state index contributed by atoms with van der Waals surface area (Å²) in [5, 5.41) is 0. The summed E-state index contributed by atoms with van der Waals surface area (Å²) in [4.78, 5) is 16.3. The van der Waals surface area contributed by atoms with Gasteiger partial charge in [-0.3, -0.25) is 9.69 Å². The molecule has 0 unspecified atom stereocenters. The molecule has 4 heteroatoms. The van der Waals surface area contributed by atoms with E-state index in [2.05, 4.69) is 36.1 Å². The fourth-order valence-electron chi connectivity index (χ4n) is 3.60. The van der Waals surface area contributed by atoms with Crippen LogP contribution in [-0.2, 0) is 9.53 Å². The van der Waals surface area contributed by atoms with E-state index in [4.69, 9.17) is 4.74 Å². The van der Waals surface area contributed by atoms with Crippen LogP contribution in [0.25, 0.3) is 0 Å². The molecule has 1 spiro atoms. The van der Waals surface area contributed by atoms with Crippen LogP contribution in [0, 0.1) is 5.41 Å². The molecule has 1 aromatic rings. The van der Waals surface area contributed by atoms with Gasteiger partial charge in [-0.2, -0.15) is 0 Å². The molecular formula is C17H24N2O2. The first-order chi connectivity index (χ1) is 10.1. The first kappa shape index (κ1) is 14.5. The fourth-order valence-corrected chi connectivity index (χ4v) is 3.60. The van der Waals surface area contributed by atoms with Crippen LogP contribution in [0.2, 0.25) is 0 Å². The molecular weight excluding hydrogens is 264 g/mol. The summed E-state index contributed by atoms with van der Waals surface area (Å²) in [6.07, 6.45) is 0.613. The highest BCUT2D eigenvalue weighted by molar-refractivity contribution is 5.79. The zero-order chi connectivity index (χ0) is 14.9. The Morgan fingerprint density at radius 2 is 2.00 bits per heavy atom. The number of ether oxygens (including phenoxy) is 1. The average molecular weight is 288 g/mol. The molecule has 3 rings (SSSR count). The van der Waals surface area contributed by atoms with Gasteiger partial charge < -0.3 is 9.64 Å². The summed E-state index contributed by atoms with van der Waals surface area (Å²) in [5.74, 6) is 0.243. The van der Waals surface area contributed by atoms with Gasteiger partial charge in [0.2, 0.25) is 5.91 Å². The highest BCUT2D eigenvalue weighted by atomic mass is 16.5. The van der Waals surface area contributed by atoms with Crippen LogP contribution < -0.4 is 0 Å². The molecule has 2 aliphatic heterocycles. The Kier molecular flexibility index (Phi) is 4.00. The van der Waals surface area contributed by atoms with Gasteiger partial charge in [0.25, 0.3) is 0 Å². The van der Waals surface area contributed by atoms with Gasteiger partial charge in [-0.1, -0.05) is 30.3 Å². The van der Waals surface area contributed by atoms with E-state index in [0.717, 1.165) is 26.2 Å². The van der Waals surface area contributed by atoms with Gasteiger partial charge in [0, 0.05) is 44.6 Å². The standard InChI is InChI=1S/C17H24N2O2/c1-14(15-6-4-3-5-7-15)19-8-9-21-13-17(12-19)10-16(20)18(2)11-17/h3-7,14H,8-13H2,1-2H3/t14-,17-/m1/s1. The lowest BCUT2D eigenvalue weighted by Gasteiger charge is -2.34. The molecule has 2 atom stereocenters. The SMILES string of the molecule is C[C@H](c1ccccc1)N1CCOC[C@@]2(CC(=O)N(C)C2)C1. The number of hydrogen-bond acceptors (Lipinski definition) is 3. The smallest absolute Gasteiger partial charge is 0.223 e. The lowest BCUT2D eigenvalue weighted by atomic mass is 9.86. The first-order valence-electron chi connectivity index (χ1n) is 7.70. The molecule has 2 saturated heterocycles. The van der Waals surface area contributed by atoms with E-state index in [9.17, 15) is 4.79 Å². The van der Waals surface area contributed by atoms with Gasteiger partial charge in [0.15, 0.2) is 0 Å². The van der Waals surface area contributed by atoms with Crippen LogP contribution in [0.15, 0.2) is 30.3 Å². The molecule has 0 radical (unpaired) electrons. The fraction of sp³-hybridized carbons (Fsp3) is 0.588. The van der Waals surface area contributed by atoms with Gasteiger partial charge in [-0.05, 0) is 12.5 Å². The monoisotopic (exact) mass is 288 g/mol. The third-order valence-corrected chi connectivity index (χ3v) is 4.82. The number of amides is 1. The topological polar surface area (TPSA) is 32.8 Å². The van der Waals surface area contributed by atoms with Crippen molar-refractivity contribution in [3.05, 3.63) is 35.9 Å². The van der Waals surface area contributed by atoms with Crippen molar-refractivity contribution in [2.24, 2.45) is 5.41 Å². The van der Waals surface area contributed by atoms with Crippen molar-refractivity contribution in [1.82, 2.24) is 9.80 Å². The summed E-state index contributed by atoms with van der Waals surface area (Å²) in [6, 6.07) is 10.9. The second kappa shape index (κ2) is 5.78. The van der Waals surface area contributed by atoms with Crippen LogP contribution in [0.3, 0.4) is 0 Å². The van der Waals surface area contributed by atoms with Gasteiger partial charge in [0.05, 0.1) is 13.2 Å². The number of rotatable bonds is 2. The molecule has 0 N–H and O–H groups in total. The third-order valence-electron chi connectivity index (χ3n) is 4.82. The maximum atomic E-state index is 12.0. The molecule has 21 heavy (non-hydrogen) atoms. The molecule has 0 bridgehead atoms. The maximum absolute atomic E-state index is 12.0. The van der Waals surface area contributed by atoms with Crippen molar-refractivity contribution in [2.75, 3.05) is 39.9 Å². The number of carbonyl (C=O) groups excluding carboxylic acids is 1. The lowest BCUT2D eigenvalue weighted by molar-refractivity contribution is -0.126. The van der Waals surface area contributed by atoms with E-state index in [1.165, 1.54) is 5.56 Å². The number of nitrogens with zero attached hydrogens (tertiary/aromatic N) is 2. The van der Waals surface area contributed by atoms with E-state index in [1.807, 2.05) is 18.0 Å². The maximum Gasteiger partial charge on any atom is 0.223 e. The normalized spacial score (nSPS) is 28.9. The van der Waals surface area contributed by atoms with Crippen LogP contribution in [0.4, 0.5) is 0 Å². The third kappa shape index (κ3) is 2.97. The molecule has 2 heterocycles. The Balaban J connectivity index is 1.78. The minimum atomic E-state index is -0.0363. The van der Waals surface area contributed by atoms with Crippen LogP contribution in [-0.4, -0.2) is 55.6 Å². The van der Waals surface area contributed by atoms with Crippen molar-refractivity contribution in [3.63, 3.8) is 0 Å². The van der Waals surface area contributed by atoms with E-state index < -0.39 is 0 Å². The van der Waals surface area contributed by atoms with Crippen molar-refractivity contribution in [1.29, 1.82) is 0 Å². The van der Waals surface area contributed by atoms with E-state index in [-0.39, 0.29) is 11.3 Å². The largest absolute Gasteiger partial charge is 0.379 e. The summed E-state index contributed by atoms with van der Waals surface area (Å²) in [6.45, 7) is 6.35. The van der Waals surface area contributed by atoms with Crippen molar-refractivity contribution in [3.8, 4) is 0 Å². The molecule has 2 fully saturated rings. The number of benzene rings is 1. The van der Waals surface area contributed by atoms with Gasteiger partial charge in [0.1, 0.15) is 0 Å².